The average Bonchev–Trinajstić information content (AvgIpc) is 3.71. The number of carbonyl (C=O) groups excluding carboxylic acids is 2. The topological polar surface area (TPSA) is 81.4 Å². The van der Waals surface area contributed by atoms with Crippen LogP contribution in [0.2, 0.25) is 0 Å². The molecule has 6 heteroatoms. The van der Waals surface area contributed by atoms with Gasteiger partial charge in [0.15, 0.2) is 0 Å². The maximum atomic E-state index is 13.8. The molecule has 5 saturated carbocycles. The predicted molar refractivity (Wildman–Crippen MR) is 184 cm³/mol. The van der Waals surface area contributed by atoms with E-state index < -0.39 is 5.97 Å². The fraction of sp³-hybridized carbons (Fsp3) is 0.683. The minimum atomic E-state index is -0.418. The first kappa shape index (κ1) is 32.8. The second kappa shape index (κ2) is 11.1. The molecular formula is C41H56N2O4. The number of rotatable bonds is 5. The fourth-order valence-corrected chi connectivity index (χ4v) is 13.2. The molecule has 47 heavy (non-hydrogen) atoms. The third kappa shape index (κ3) is 4.62. The Kier molecular flexibility index (Phi) is 7.78. The lowest BCUT2D eigenvalue weighted by atomic mass is 9.32. The number of hydrogen-bond donors (Lipinski definition) is 1. The van der Waals surface area contributed by atoms with E-state index in [-0.39, 0.29) is 39.1 Å². The van der Waals surface area contributed by atoms with Crippen LogP contribution >= 0.6 is 0 Å². The lowest BCUT2D eigenvalue weighted by Crippen LogP contribution is -2.66. The highest BCUT2D eigenvalue weighted by molar-refractivity contribution is 6.06. The van der Waals surface area contributed by atoms with Gasteiger partial charge in [-0.1, -0.05) is 58.9 Å². The van der Waals surface area contributed by atoms with Crippen molar-refractivity contribution in [3.63, 3.8) is 0 Å². The quantitative estimate of drug-likeness (QED) is 0.261. The summed E-state index contributed by atoms with van der Waals surface area (Å²) >= 11 is 0. The van der Waals surface area contributed by atoms with E-state index in [1.54, 1.807) is 36.7 Å². The molecule has 3 unspecified atom stereocenters. The number of aliphatic hydroxyl groups excluding tert-OH is 1. The van der Waals surface area contributed by atoms with E-state index in [1.807, 2.05) is 0 Å². The van der Waals surface area contributed by atoms with Gasteiger partial charge in [0.05, 0.1) is 23.8 Å². The lowest BCUT2D eigenvalue weighted by Gasteiger charge is -2.73. The number of esters is 1. The number of allylic oxidation sites excluding steroid dienone is 1. The first-order chi connectivity index (χ1) is 22.2. The summed E-state index contributed by atoms with van der Waals surface area (Å²) in [5.41, 5.74) is 2.48. The molecule has 1 aromatic heterocycles. The summed E-state index contributed by atoms with van der Waals surface area (Å²) < 4.78 is 7.70. The largest absolute Gasteiger partial charge is 0.461 e. The summed E-state index contributed by atoms with van der Waals surface area (Å²) in [5, 5.41) is 11.1. The zero-order valence-corrected chi connectivity index (χ0v) is 29.6. The summed E-state index contributed by atoms with van der Waals surface area (Å²) in [5.74, 6) is 1.92. The van der Waals surface area contributed by atoms with Gasteiger partial charge in [0.1, 0.15) is 6.33 Å². The Morgan fingerprint density at radius 3 is 2.36 bits per heavy atom. The second-order valence-corrected chi connectivity index (χ2v) is 17.8. The van der Waals surface area contributed by atoms with Gasteiger partial charge >= 0.3 is 5.97 Å². The Morgan fingerprint density at radius 1 is 0.915 bits per heavy atom. The molecule has 254 valence electrons. The smallest absolute Gasteiger partial charge is 0.338 e. The Morgan fingerprint density at radius 2 is 1.66 bits per heavy atom. The average molecular weight is 641 g/mol. The van der Waals surface area contributed by atoms with Gasteiger partial charge in [-0.3, -0.25) is 9.36 Å². The number of carbonyl (C=O) groups is 2. The molecule has 5 fully saturated rings. The first-order valence-electron chi connectivity index (χ1n) is 18.3. The zero-order valence-electron chi connectivity index (χ0n) is 29.6. The molecule has 5 aliphatic carbocycles. The molecule has 0 saturated heterocycles. The van der Waals surface area contributed by atoms with Crippen molar-refractivity contribution in [2.75, 3.05) is 6.61 Å². The van der Waals surface area contributed by atoms with E-state index in [4.69, 9.17) is 4.74 Å². The third-order valence-electron chi connectivity index (χ3n) is 15.8. The van der Waals surface area contributed by atoms with Crippen LogP contribution in [0.25, 0.3) is 0 Å². The Hall–Kier alpha value is -2.73. The number of benzene rings is 1. The van der Waals surface area contributed by atoms with E-state index in [0.29, 0.717) is 47.3 Å². The number of nitrogens with zero attached hydrogens (tertiary/aromatic N) is 2. The van der Waals surface area contributed by atoms with Gasteiger partial charge in [-0.2, -0.15) is 0 Å². The van der Waals surface area contributed by atoms with Crippen molar-refractivity contribution < 1.29 is 19.4 Å². The van der Waals surface area contributed by atoms with Gasteiger partial charge in [0.25, 0.3) is 5.91 Å². The molecule has 0 amide bonds. The zero-order chi connectivity index (χ0) is 33.6. The van der Waals surface area contributed by atoms with Crippen LogP contribution in [0.1, 0.15) is 126 Å². The van der Waals surface area contributed by atoms with Crippen LogP contribution in [0.15, 0.2) is 55.1 Å². The second-order valence-electron chi connectivity index (χ2n) is 17.8. The van der Waals surface area contributed by atoms with Gasteiger partial charge in [0, 0.05) is 17.8 Å². The molecule has 5 aliphatic rings. The van der Waals surface area contributed by atoms with Crippen molar-refractivity contribution in [1.29, 1.82) is 0 Å². The van der Waals surface area contributed by atoms with E-state index in [1.165, 1.54) is 42.2 Å². The van der Waals surface area contributed by atoms with Crippen LogP contribution < -0.4 is 0 Å². The highest BCUT2D eigenvalue weighted by Gasteiger charge is 2.71. The van der Waals surface area contributed by atoms with Crippen LogP contribution in [0, 0.1) is 56.7 Å². The Balaban J connectivity index is 1.17. The summed E-state index contributed by atoms with van der Waals surface area (Å²) in [4.78, 5) is 31.0. The molecule has 2 aromatic rings. The maximum Gasteiger partial charge on any atom is 0.338 e. The Labute approximate surface area is 281 Å². The number of imidazole rings is 1. The molecule has 7 rings (SSSR count). The fourth-order valence-electron chi connectivity index (χ4n) is 13.2. The maximum absolute atomic E-state index is 13.8. The van der Waals surface area contributed by atoms with Crippen molar-refractivity contribution in [2.45, 2.75) is 112 Å². The highest BCUT2D eigenvalue weighted by Crippen LogP contribution is 2.77. The molecule has 1 aromatic carbocycles. The minimum absolute atomic E-state index is 0.0455. The summed E-state index contributed by atoms with van der Waals surface area (Å²) in [6, 6.07) is 6.98. The molecule has 0 spiro atoms. The van der Waals surface area contributed by atoms with E-state index in [2.05, 4.69) is 53.1 Å². The molecule has 0 aliphatic heterocycles. The minimum Gasteiger partial charge on any atom is -0.461 e. The van der Waals surface area contributed by atoms with Crippen molar-refractivity contribution >= 4 is 11.9 Å². The van der Waals surface area contributed by atoms with Crippen LogP contribution in [-0.2, 0) is 4.74 Å². The van der Waals surface area contributed by atoms with E-state index >= 15 is 0 Å². The standard InChI is InChI=1S/C41H56N2O4/c1-26(2)27-14-19-41(24-47-36(46)29-11-9-8-10-28(29)35(45)43-23-22-42-25-43)21-20-39(6)30(34(27)41)12-13-32-38(5)17-16-33(44)37(3,4)31(38)15-18-40(32,39)7/h8-11,22-23,25,27,30-34,44H,1,12-21,24H2,2-7H3/t27-,30+,31?,32?,33-,34?,38-,39+,40+,41+/m0/s1. The molecule has 0 radical (unpaired) electrons. The van der Waals surface area contributed by atoms with Crippen molar-refractivity contribution in [1.82, 2.24) is 9.55 Å². The molecule has 10 atom stereocenters. The van der Waals surface area contributed by atoms with Crippen LogP contribution in [-0.4, -0.2) is 39.2 Å². The highest BCUT2D eigenvalue weighted by atomic mass is 16.5. The molecule has 1 N–H and O–H groups in total. The molecule has 1 heterocycles. The summed E-state index contributed by atoms with van der Waals surface area (Å²) in [6.07, 6.45) is 15.7. The van der Waals surface area contributed by atoms with Crippen molar-refractivity contribution in [2.24, 2.45) is 56.7 Å². The van der Waals surface area contributed by atoms with Gasteiger partial charge in [-0.25, -0.2) is 9.78 Å². The van der Waals surface area contributed by atoms with Crippen LogP contribution in [0.5, 0.6) is 0 Å². The number of hydrogen-bond acceptors (Lipinski definition) is 5. The number of aliphatic hydroxyl groups is 1. The molecular weight excluding hydrogens is 584 g/mol. The molecule has 0 bridgehead atoms. The summed E-state index contributed by atoms with van der Waals surface area (Å²) in [7, 11) is 0. The predicted octanol–water partition coefficient (Wildman–Crippen LogP) is 8.75. The van der Waals surface area contributed by atoms with Gasteiger partial charge in [-0.15, -0.1) is 0 Å². The SMILES string of the molecule is C=C(C)[C@@H]1CC[C@]2(COC(=O)c3ccccc3C(=O)n3ccnc3)CC[C@]3(C)[C@H](CCC4[C@@]5(C)CC[C@H](O)C(C)(C)C5CC[C@]43C)C12. The van der Waals surface area contributed by atoms with Gasteiger partial charge in [-0.05, 0) is 135 Å². The number of aromatic nitrogens is 2. The van der Waals surface area contributed by atoms with Crippen molar-refractivity contribution in [3.8, 4) is 0 Å². The van der Waals surface area contributed by atoms with Gasteiger partial charge < -0.3 is 9.84 Å². The third-order valence-corrected chi connectivity index (χ3v) is 15.8. The first-order valence-corrected chi connectivity index (χ1v) is 18.3. The number of fused-ring (bicyclic) bond motifs is 7. The molecule has 6 nitrogen and oxygen atoms in total. The van der Waals surface area contributed by atoms with Gasteiger partial charge in [0.2, 0.25) is 0 Å². The van der Waals surface area contributed by atoms with Crippen molar-refractivity contribution in [3.05, 3.63) is 66.3 Å². The van der Waals surface area contributed by atoms with E-state index in [9.17, 15) is 14.7 Å². The van der Waals surface area contributed by atoms with Crippen LogP contribution in [0.4, 0.5) is 0 Å². The normalized spacial score (nSPS) is 41.9. The Bertz CT molecular complexity index is 1560. The van der Waals surface area contributed by atoms with E-state index in [0.717, 1.165) is 38.5 Å². The number of ether oxygens (including phenoxy) is 1. The summed E-state index contributed by atoms with van der Waals surface area (Å²) in [6.45, 7) is 19.7. The lowest BCUT2D eigenvalue weighted by molar-refractivity contribution is -0.249. The monoisotopic (exact) mass is 640 g/mol. The van der Waals surface area contributed by atoms with Crippen LogP contribution in [0.3, 0.4) is 0 Å².